The van der Waals surface area contributed by atoms with Gasteiger partial charge in [-0.15, -0.1) is 0 Å². The molecule has 1 aromatic heterocycles. The summed E-state index contributed by atoms with van der Waals surface area (Å²) in [6.45, 7) is 2.61. The van der Waals surface area contributed by atoms with Crippen molar-refractivity contribution >= 4 is 5.91 Å². The first-order valence-corrected chi connectivity index (χ1v) is 13.4. The van der Waals surface area contributed by atoms with Crippen LogP contribution >= 0.6 is 0 Å². The van der Waals surface area contributed by atoms with E-state index in [4.69, 9.17) is 10.00 Å². The quantitative estimate of drug-likeness (QED) is 0.568. The number of fused-ring (bicyclic) bond motifs is 1. The number of aliphatic hydroxyl groups excluding tert-OH is 1. The zero-order chi connectivity index (χ0) is 25.5. The maximum absolute atomic E-state index is 13.7. The highest BCUT2D eigenvalue weighted by Crippen LogP contribution is 2.28. The zero-order valence-electron chi connectivity index (χ0n) is 21.2. The van der Waals surface area contributed by atoms with E-state index in [0.29, 0.717) is 18.7 Å². The summed E-state index contributed by atoms with van der Waals surface area (Å²) >= 11 is 0. The fraction of sp³-hybridized carbons (Fsp3) is 0.552. The molecule has 0 aliphatic heterocycles. The first kappa shape index (κ1) is 26.1. The van der Waals surface area contributed by atoms with Crippen LogP contribution in [-0.4, -0.2) is 34.5 Å². The molecule has 2 aromatic rings. The number of hydrogen-bond donors (Lipinski definition) is 2. The van der Waals surface area contributed by atoms with Crippen molar-refractivity contribution in [2.45, 2.75) is 90.0 Å². The van der Waals surface area contributed by atoms with E-state index in [9.17, 15) is 14.7 Å². The lowest BCUT2D eigenvalue weighted by atomic mass is 9.83. The van der Waals surface area contributed by atoms with Gasteiger partial charge in [-0.2, -0.15) is 5.26 Å². The smallest absolute Gasteiger partial charge is 0.263 e. The van der Waals surface area contributed by atoms with E-state index in [1.807, 2.05) is 25.1 Å². The number of pyridine rings is 1. The van der Waals surface area contributed by atoms with Gasteiger partial charge >= 0.3 is 0 Å². The molecule has 192 valence electrons. The van der Waals surface area contributed by atoms with E-state index in [1.54, 1.807) is 16.7 Å². The van der Waals surface area contributed by atoms with Crippen LogP contribution in [0.15, 0.2) is 35.1 Å². The molecule has 1 fully saturated rings. The largest absolute Gasteiger partial charge is 0.368 e. The zero-order valence-corrected chi connectivity index (χ0v) is 21.2. The number of nitriles is 1. The van der Waals surface area contributed by atoms with Gasteiger partial charge in [-0.05, 0) is 74.8 Å². The number of nitrogens with zero attached hydrogens (tertiary/aromatic N) is 2. The van der Waals surface area contributed by atoms with Crippen LogP contribution in [0.5, 0.6) is 0 Å². The summed E-state index contributed by atoms with van der Waals surface area (Å²) in [5.41, 5.74) is 3.47. The number of carbonyl (C=O) groups is 1. The van der Waals surface area contributed by atoms with Crippen LogP contribution in [0.25, 0.3) is 0 Å². The molecule has 1 amide bonds. The maximum Gasteiger partial charge on any atom is 0.263 e. The second-order valence-electron chi connectivity index (χ2n) is 10.0. The monoisotopic (exact) mass is 491 g/mol. The van der Waals surface area contributed by atoms with Gasteiger partial charge in [0.25, 0.3) is 11.5 Å². The van der Waals surface area contributed by atoms with E-state index < -0.39 is 6.29 Å². The van der Waals surface area contributed by atoms with Gasteiger partial charge in [0.1, 0.15) is 5.56 Å². The summed E-state index contributed by atoms with van der Waals surface area (Å²) in [6.07, 6.45) is 8.55. The van der Waals surface area contributed by atoms with Gasteiger partial charge in [0.2, 0.25) is 0 Å². The number of benzene rings is 1. The minimum atomic E-state index is -0.926. The molecule has 2 aliphatic rings. The standard InChI is InChI=1S/C29H37N3O4/c1-2-36-29(35)23-10-7-8-11-25(23)31-27(33)24-17-22-9-5-3-4-6-12-26(22)32(28(24)34)19-21-15-13-20(18-30)14-16-21/h13-17,23,25,29,35H,2-12,19H2,1H3,(H,31,33). The van der Waals surface area contributed by atoms with Crippen molar-refractivity contribution in [3.63, 3.8) is 0 Å². The molecule has 3 atom stereocenters. The number of hydrogen-bond acceptors (Lipinski definition) is 5. The number of aromatic nitrogens is 1. The third kappa shape index (κ3) is 6.05. The summed E-state index contributed by atoms with van der Waals surface area (Å²) in [6, 6.07) is 11.0. The first-order valence-electron chi connectivity index (χ1n) is 13.4. The molecule has 4 rings (SSSR count). The molecule has 0 saturated heterocycles. The van der Waals surface area contributed by atoms with Crippen LogP contribution < -0.4 is 10.9 Å². The lowest BCUT2D eigenvalue weighted by Crippen LogP contribution is -2.48. The number of ether oxygens (including phenoxy) is 1. The molecule has 1 saturated carbocycles. The van der Waals surface area contributed by atoms with Crippen LogP contribution in [0.3, 0.4) is 0 Å². The molecule has 2 aliphatic carbocycles. The third-order valence-corrected chi connectivity index (χ3v) is 7.61. The highest BCUT2D eigenvalue weighted by Gasteiger charge is 2.33. The van der Waals surface area contributed by atoms with Crippen LogP contribution in [0.1, 0.15) is 91.0 Å². The van der Waals surface area contributed by atoms with Crippen molar-refractivity contribution in [3.8, 4) is 6.07 Å². The number of carbonyl (C=O) groups excluding carboxylic acids is 1. The number of amides is 1. The molecular weight excluding hydrogens is 454 g/mol. The number of aliphatic hydroxyl groups is 1. The first-order chi connectivity index (χ1) is 17.5. The van der Waals surface area contributed by atoms with E-state index in [1.165, 1.54) is 0 Å². The predicted molar refractivity (Wildman–Crippen MR) is 138 cm³/mol. The topological polar surface area (TPSA) is 104 Å². The summed E-state index contributed by atoms with van der Waals surface area (Å²) in [7, 11) is 0. The molecule has 0 spiro atoms. The summed E-state index contributed by atoms with van der Waals surface area (Å²) < 4.78 is 7.21. The van der Waals surface area contributed by atoms with Crippen LogP contribution in [0.4, 0.5) is 0 Å². The Morgan fingerprint density at radius 2 is 1.86 bits per heavy atom. The third-order valence-electron chi connectivity index (χ3n) is 7.61. The van der Waals surface area contributed by atoms with E-state index in [-0.39, 0.29) is 29.0 Å². The van der Waals surface area contributed by atoms with Gasteiger partial charge in [0.05, 0.1) is 18.2 Å². The summed E-state index contributed by atoms with van der Waals surface area (Å²) in [5.74, 6) is -0.563. The van der Waals surface area contributed by atoms with Gasteiger partial charge in [-0.25, -0.2) is 0 Å². The average Bonchev–Trinajstić information content (AvgIpc) is 2.87. The molecule has 0 radical (unpaired) electrons. The Morgan fingerprint density at radius 1 is 1.14 bits per heavy atom. The normalized spacial score (nSPS) is 20.9. The predicted octanol–water partition coefficient (Wildman–Crippen LogP) is 4.07. The van der Waals surface area contributed by atoms with Crippen molar-refractivity contribution in [1.82, 2.24) is 9.88 Å². The maximum atomic E-state index is 13.7. The Bertz CT molecular complexity index is 1150. The highest BCUT2D eigenvalue weighted by molar-refractivity contribution is 5.94. The Hall–Kier alpha value is -2.95. The molecule has 7 heteroatoms. The molecule has 7 nitrogen and oxygen atoms in total. The fourth-order valence-corrected chi connectivity index (χ4v) is 5.65. The van der Waals surface area contributed by atoms with Crippen molar-refractivity contribution in [2.24, 2.45) is 5.92 Å². The van der Waals surface area contributed by atoms with Gasteiger partial charge in [-0.3, -0.25) is 9.59 Å². The van der Waals surface area contributed by atoms with Crippen molar-refractivity contribution in [2.75, 3.05) is 6.61 Å². The van der Waals surface area contributed by atoms with Crippen LogP contribution in [-0.2, 0) is 24.1 Å². The minimum absolute atomic E-state index is 0.165. The Morgan fingerprint density at radius 3 is 2.58 bits per heavy atom. The average molecular weight is 492 g/mol. The lowest BCUT2D eigenvalue weighted by Gasteiger charge is -2.35. The molecule has 1 heterocycles. The van der Waals surface area contributed by atoms with E-state index >= 15 is 0 Å². The second-order valence-corrected chi connectivity index (χ2v) is 10.0. The number of nitrogens with one attached hydrogen (secondary N) is 1. The van der Waals surface area contributed by atoms with E-state index in [0.717, 1.165) is 81.0 Å². The summed E-state index contributed by atoms with van der Waals surface area (Å²) in [4.78, 5) is 27.2. The molecule has 1 aromatic carbocycles. The lowest BCUT2D eigenvalue weighted by molar-refractivity contribution is -0.142. The van der Waals surface area contributed by atoms with Crippen molar-refractivity contribution < 1.29 is 14.6 Å². The molecule has 0 bridgehead atoms. The number of aryl methyl sites for hydroxylation is 1. The summed E-state index contributed by atoms with van der Waals surface area (Å²) in [5, 5.41) is 22.7. The highest BCUT2D eigenvalue weighted by atomic mass is 16.6. The van der Waals surface area contributed by atoms with Gasteiger partial charge in [0.15, 0.2) is 6.29 Å². The van der Waals surface area contributed by atoms with Crippen molar-refractivity contribution in [1.29, 1.82) is 5.26 Å². The van der Waals surface area contributed by atoms with Crippen LogP contribution in [0, 0.1) is 17.2 Å². The van der Waals surface area contributed by atoms with Crippen LogP contribution in [0.2, 0.25) is 0 Å². The molecule has 36 heavy (non-hydrogen) atoms. The Kier molecular flexibility index (Phi) is 8.95. The van der Waals surface area contributed by atoms with Crippen molar-refractivity contribution in [3.05, 3.63) is 68.6 Å². The Balaban J connectivity index is 1.67. The molecular formula is C29H37N3O4. The Labute approximate surface area is 213 Å². The fourth-order valence-electron chi connectivity index (χ4n) is 5.65. The van der Waals surface area contributed by atoms with Gasteiger partial charge in [0, 0.05) is 24.3 Å². The number of rotatable bonds is 7. The molecule has 3 unspecified atom stereocenters. The molecule has 2 N–H and O–H groups in total. The van der Waals surface area contributed by atoms with E-state index in [2.05, 4.69) is 11.4 Å². The van der Waals surface area contributed by atoms with Gasteiger partial charge in [-0.1, -0.05) is 37.8 Å². The SMILES string of the molecule is CCOC(O)C1CCCCC1NC(=O)c1cc2c(n(Cc3ccc(C#N)cc3)c1=O)CCCCCC2. The second kappa shape index (κ2) is 12.3. The van der Waals surface area contributed by atoms with Gasteiger partial charge < -0.3 is 19.7 Å². The minimum Gasteiger partial charge on any atom is -0.368 e.